The number of carbonyl (C=O) groups excluding carboxylic acids is 1. The second-order valence-electron chi connectivity index (χ2n) is 4.63. The monoisotopic (exact) mass is 274 g/mol. The van der Waals surface area contributed by atoms with E-state index in [1.54, 1.807) is 6.92 Å². The molecule has 2 N–H and O–H groups in total. The lowest BCUT2D eigenvalue weighted by Crippen LogP contribution is -2.40. The van der Waals surface area contributed by atoms with E-state index in [0.717, 1.165) is 0 Å². The minimum absolute atomic E-state index is 0.0403. The van der Waals surface area contributed by atoms with Crippen molar-refractivity contribution in [3.05, 3.63) is 16.5 Å². The summed E-state index contributed by atoms with van der Waals surface area (Å²) in [7, 11) is 0. The van der Waals surface area contributed by atoms with E-state index in [4.69, 9.17) is 21.2 Å². The summed E-state index contributed by atoms with van der Waals surface area (Å²) in [5, 5.41) is 15.7. The van der Waals surface area contributed by atoms with Crippen LogP contribution in [-0.4, -0.2) is 28.8 Å². The maximum Gasteiger partial charge on any atom is 0.229 e. The van der Waals surface area contributed by atoms with E-state index >= 15 is 0 Å². The van der Waals surface area contributed by atoms with Crippen molar-refractivity contribution in [3.8, 4) is 0 Å². The van der Waals surface area contributed by atoms with Gasteiger partial charge < -0.3 is 14.9 Å². The third-order valence-electron chi connectivity index (χ3n) is 2.87. The highest BCUT2D eigenvalue weighted by Crippen LogP contribution is 2.19. The molecule has 0 saturated carbocycles. The molecule has 0 saturated heterocycles. The summed E-state index contributed by atoms with van der Waals surface area (Å²) >= 11 is 5.80. The highest BCUT2D eigenvalue weighted by atomic mass is 35.5. The number of nitrogens with zero attached hydrogens (tertiary/aromatic N) is 1. The van der Waals surface area contributed by atoms with Gasteiger partial charge in [0, 0.05) is 18.2 Å². The van der Waals surface area contributed by atoms with Crippen molar-refractivity contribution in [2.45, 2.75) is 39.7 Å². The molecular weight excluding hydrogens is 256 g/mol. The molecule has 0 spiro atoms. The SMILES string of the molecule is Cc1noc(Cl)c1CC(=O)NC(CCO)C(C)C. The first kappa shape index (κ1) is 15.0. The normalized spacial score (nSPS) is 12.8. The van der Waals surface area contributed by atoms with Crippen molar-refractivity contribution in [2.24, 2.45) is 5.92 Å². The molecule has 18 heavy (non-hydrogen) atoms. The third-order valence-corrected chi connectivity index (χ3v) is 3.16. The van der Waals surface area contributed by atoms with Crippen LogP contribution in [-0.2, 0) is 11.2 Å². The molecule has 0 fully saturated rings. The predicted molar refractivity (Wildman–Crippen MR) is 68.4 cm³/mol. The molecule has 6 heteroatoms. The molecule has 1 heterocycles. The first-order valence-corrected chi connectivity index (χ1v) is 6.34. The summed E-state index contributed by atoms with van der Waals surface area (Å²) in [6.07, 6.45) is 0.683. The standard InChI is InChI=1S/C12H19ClN2O3/c1-7(2)10(4-5-16)14-11(17)6-9-8(3)15-18-12(9)13/h7,10,16H,4-6H2,1-3H3,(H,14,17). The average molecular weight is 275 g/mol. The Kier molecular flexibility index (Phi) is 5.62. The van der Waals surface area contributed by atoms with Gasteiger partial charge in [0.15, 0.2) is 0 Å². The number of carbonyl (C=O) groups is 1. The maximum absolute atomic E-state index is 11.9. The summed E-state index contributed by atoms with van der Waals surface area (Å²) in [5.41, 5.74) is 1.24. The molecule has 1 aromatic heterocycles. The summed E-state index contributed by atoms with van der Waals surface area (Å²) in [6.45, 7) is 5.79. The first-order chi connectivity index (χ1) is 8.45. The van der Waals surface area contributed by atoms with Crippen molar-refractivity contribution >= 4 is 17.5 Å². The zero-order valence-corrected chi connectivity index (χ0v) is 11.6. The van der Waals surface area contributed by atoms with Crippen LogP contribution in [0.4, 0.5) is 0 Å². The molecule has 0 aliphatic heterocycles. The number of rotatable bonds is 6. The Labute approximate surface area is 111 Å². The van der Waals surface area contributed by atoms with Gasteiger partial charge in [0.1, 0.15) is 0 Å². The molecule has 1 unspecified atom stereocenters. The van der Waals surface area contributed by atoms with Crippen LogP contribution in [0.3, 0.4) is 0 Å². The van der Waals surface area contributed by atoms with E-state index in [1.165, 1.54) is 0 Å². The smallest absolute Gasteiger partial charge is 0.229 e. The van der Waals surface area contributed by atoms with Gasteiger partial charge in [-0.25, -0.2) is 0 Å². The van der Waals surface area contributed by atoms with Crippen LogP contribution in [0.25, 0.3) is 0 Å². The van der Waals surface area contributed by atoms with Crippen molar-refractivity contribution in [3.63, 3.8) is 0 Å². The molecule has 0 radical (unpaired) electrons. The van der Waals surface area contributed by atoms with Crippen LogP contribution >= 0.6 is 11.6 Å². The van der Waals surface area contributed by atoms with E-state index in [9.17, 15) is 4.79 Å². The van der Waals surface area contributed by atoms with Gasteiger partial charge in [-0.3, -0.25) is 4.79 Å². The largest absolute Gasteiger partial charge is 0.396 e. The number of hydrogen-bond donors (Lipinski definition) is 2. The number of aromatic nitrogens is 1. The topological polar surface area (TPSA) is 75.4 Å². The quantitative estimate of drug-likeness (QED) is 0.828. The molecule has 0 aliphatic rings. The highest BCUT2D eigenvalue weighted by Gasteiger charge is 2.19. The zero-order valence-electron chi connectivity index (χ0n) is 10.9. The lowest BCUT2D eigenvalue weighted by molar-refractivity contribution is -0.121. The Bertz CT molecular complexity index is 385. The summed E-state index contributed by atoms with van der Waals surface area (Å²) in [6, 6.07) is -0.0403. The maximum atomic E-state index is 11.9. The average Bonchev–Trinajstić information content (AvgIpc) is 2.60. The fourth-order valence-electron chi connectivity index (χ4n) is 1.69. The van der Waals surface area contributed by atoms with Crippen molar-refractivity contribution < 1.29 is 14.4 Å². The van der Waals surface area contributed by atoms with Gasteiger partial charge >= 0.3 is 0 Å². The first-order valence-electron chi connectivity index (χ1n) is 5.96. The van der Waals surface area contributed by atoms with Gasteiger partial charge in [-0.2, -0.15) is 0 Å². The fourth-order valence-corrected chi connectivity index (χ4v) is 1.93. The number of aryl methyl sites for hydroxylation is 1. The Morgan fingerprint density at radius 1 is 1.56 bits per heavy atom. The van der Waals surface area contributed by atoms with E-state index in [2.05, 4.69) is 10.5 Å². The van der Waals surface area contributed by atoms with Gasteiger partial charge in [0.25, 0.3) is 0 Å². The highest BCUT2D eigenvalue weighted by molar-refractivity contribution is 6.29. The number of hydrogen-bond acceptors (Lipinski definition) is 4. The minimum Gasteiger partial charge on any atom is -0.396 e. The van der Waals surface area contributed by atoms with Gasteiger partial charge in [-0.1, -0.05) is 19.0 Å². The molecule has 1 amide bonds. The molecule has 1 atom stereocenters. The van der Waals surface area contributed by atoms with Crippen LogP contribution in [0.5, 0.6) is 0 Å². The van der Waals surface area contributed by atoms with Crippen molar-refractivity contribution in [2.75, 3.05) is 6.61 Å². The molecule has 102 valence electrons. The molecule has 0 aliphatic carbocycles. The Hall–Kier alpha value is -1.07. The Morgan fingerprint density at radius 2 is 2.22 bits per heavy atom. The fraction of sp³-hybridized carbons (Fsp3) is 0.667. The lowest BCUT2D eigenvalue weighted by atomic mass is 10.0. The minimum atomic E-state index is -0.143. The third kappa shape index (κ3) is 3.99. The van der Waals surface area contributed by atoms with Crippen LogP contribution < -0.4 is 5.32 Å². The van der Waals surface area contributed by atoms with Crippen molar-refractivity contribution in [1.82, 2.24) is 10.5 Å². The second-order valence-corrected chi connectivity index (χ2v) is 4.97. The molecule has 1 rings (SSSR count). The van der Waals surface area contributed by atoms with E-state index in [0.29, 0.717) is 17.7 Å². The summed E-state index contributed by atoms with van der Waals surface area (Å²) in [4.78, 5) is 11.9. The van der Waals surface area contributed by atoms with E-state index in [1.807, 2.05) is 13.8 Å². The van der Waals surface area contributed by atoms with E-state index < -0.39 is 0 Å². The van der Waals surface area contributed by atoms with Gasteiger partial charge in [0.2, 0.25) is 11.1 Å². The van der Waals surface area contributed by atoms with Crippen LogP contribution in [0.1, 0.15) is 31.5 Å². The molecule has 0 bridgehead atoms. The number of nitrogens with one attached hydrogen (secondary N) is 1. The van der Waals surface area contributed by atoms with Crippen molar-refractivity contribution in [1.29, 1.82) is 0 Å². The second kappa shape index (κ2) is 6.75. The van der Waals surface area contributed by atoms with Crippen LogP contribution in [0, 0.1) is 12.8 Å². The van der Waals surface area contributed by atoms with Crippen LogP contribution in [0.2, 0.25) is 5.22 Å². The molecular formula is C12H19ClN2O3. The molecule has 5 nitrogen and oxygen atoms in total. The number of aliphatic hydroxyl groups is 1. The Morgan fingerprint density at radius 3 is 2.67 bits per heavy atom. The summed E-state index contributed by atoms with van der Waals surface area (Å²) in [5.74, 6) is 0.121. The summed E-state index contributed by atoms with van der Waals surface area (Å²) < 4.78 is 4.79. The van der Waals surface area contributed by atoms with E-state index in [-0.39, 0.29) is 36.1 Å². The lowest BCUT2D eigenvalue weighted by Gasteiger charge is -2.21. The Balaban J connectivity index is 2.60. The van der Waals surface area contributed by atoms with Gasteiger partial charge in [-0.05, 0) is 30.9 Å². The molecule has 0 aromatic carbocycles. The van der Waals surface area contributed by atoms with Gasteiger partial charge in [0.05, 0.1) is 12.1 Å². The number of aliphatic hydroxyl groups excluding tert-OH is 1. The molecule has 1 aromatic rings. The van der Waals surface area contributed by atoms with Gasteiger partial charge in [-0.15, -0.1) is 0 Å². The zero-order chi connectivity index (χ0) is 13.7. The van der Waals surface area contributed by atoms with Crippen LogP contribution in [0.15, 0.2) is 4.52 Å². The number of amides is 1. The predicted octanol–water partition coefficient (Wildman–Crippen LogP) is 1.70. The number of halogens is 1.